The number of carbonyl (C=O) groups is 1. The maximum absolute atomic E-state index is 12.5. The quantitative estimate of drug-likeness (QED) is 0.358. The molecule has 0 bridgehead atoms. The van der Waals surface area contributed by atoms with E-state index in [1.54, 1.807) is 12.3 Å². The smallest absolute Gasteiger partial charge is 0.405 e. The first-order valence-corrected chi connectivity index (χ1v) is 16.4. The molecule has 2 N–H and O–H groups in total. The summed E-state index contributed by atoms with van der Waals surface area (Å²) < 4.78 is 75.5. The molecule has 234 valence electrons. The van der Waals surface area contributed by atoms with Crippen LogP contribution in [-0.4, -0.2) is 99.7 Å². The third-order valence-corrected chi connectivity index (χ3v) is 8.82. The molecule has 0 radical (unpaired) electrons. The fraction of sp³-hybridized carbons (Fsp3) is 0.538. The van der Waals surface area contributed by atoms with Crippen molar-refractivity contribution in [3.8, 4) is 17.1 Å². The highest BCUT2D eigenvalue weighted by molar-refractivity contribution is 7.92. The second-order valence-electron chi connectivity index (χ2n) is 10.4. The van der Waals surface area contributed by atoms with Crippen LogP contribution >= 0.6 is 11.3 Å². The van der Waals surface area contributed by atoms with Crippen LogP contribution in [0, 0.1) is 5.92 Å². The number of piperidine rings is 1. The number of hydrogen-bond acceptors (Lipinski definition) is 11. The third kappa shape index (κ3) is 7.82. The number of pyridine rings is 1. The number of halogens is 3. The molecule has 0 aliphatic carbocycles. The molecular formula is C26H32F3N7O5S2. The molecule has 0 atom stereocenters. The van der Waals surface area contributed by atoms with Gasteiger partial charge in [-0.05, 0) is 37.4 Å². The van der Waals surface area contributed by atoms with Crippen molar-refractivity contribution in [2.45, 2.75) is 25.6 Å². The summed E-state index contributed by atoms with van der Waals surface area (Å²) in [7, 11) is -2.21. The van der Waals surface area contributed by atoms with Gasteiger partial charge in [0.2, 0.25) is 27.8 Å². The van der Waals surface area contributed by atoms with E-state index in [1.165, 1.54) is 18.4 Å². The minimum absolute atomic E-state index is 0.121. The molecule has 0 saturated carbocycles. The van der Waals surface area contributed by atoms with Crippen molar-refractivity contribution < 1.29 is 35.9 Å². The molecule has 3 aromatic heterocycles. The summed E-state index contributed by atoms with van der Waals surface area (Å²) >= 11 is 1.46. The van der Waals surface area contributed by atoms with Gasteiger partial charge in [-0.25, -0.2) is 23.4 Å². The Kier molecular flexibility index (Phi) is 9.24. The summed E-state index contributed by atoms with van der Waals surface area (Å²) in [5.41, 5.74) is 3.05. The average Bonchev–Trinajstić information content (AvgIpc) is 3.37. The number of ether oxygens (including phenoxy) is 2. The van der Waals surface area contributed by atoms with E-state index >= 15 is 0 Å². The molecule has 1 amide bonds. The summed E-state index contributed by atoms with van der Waals surface area (Å²) in [6, 6.07) is 1.63. The molecule has 2 fully saturated rings. The monoisotopic (exact) mass is 643 g/mol. The van der Waals surface area contributed by atoms with E-state index in [-0.39, 0.29) is 11.6 Å². The van der Waals surface area contributed by atoms with E-state index < -0.39 is 34.6 Å². The molecule has 17 heteroatoms. The molecule has 2 saturated heterocycles. The Balaban J connectivity index is 1.43. The number of fused-ring (bicyclic) bond motifs is 1. The molecule has 0 aromatic carbocycles. The maximum atomic E-state index is 12.5. The van der Waals surface area contributed by atoms with Crippen LogP contribution in [0.4, 0.5) is 24.8 Å². The number of rotatable bonds is 9. The number of likely N-dealkylation sites (tertiary alicyclic amines) is 1. The molecule has 3 aromatic rings. The van der Waals surface area contributed by atoms with Crippen LogP contribution in [0.25, 0.3) is 21.5 Å². The van der Waals surface area contributed by atoms with Crippen LogP contribution in [0.1, 0.15) is 18.4 Å². The number of anilines is 2. The Labute approximate surface area is 250 Å². The Hall–Kier alpha value is -3.28. The summed E-state index contributed by atoms with van der Waals surface area (Å²) in [6.07, 6.45) is -0.908. The van der Waals surface area contributed by atoms with E-state index in [0.29, 0.717) is 76.0 Å². The molecule has 5 rings (SSSR count). The molecular weight excluding hydrogens is 611 g/mol. The number of morpholine rings is 1. The van der Waals surface area contributed by atoms with Crippen molar-refractivity contribution in [2.24, 2.45) is 5.92 Å². The van der Waals surface area contributed by atoms with Crippen LogP contribution < -0.4 is 19.7 Å². The van der Waals surface area contributed by atoms with Gasteiger partial charge in [-0.15, -0.1) is 11.3 Å². The maximum Gasteiger partial charge on any atom is 0.405 e. The second kappa shape index (κ2) is 12.8. The average molecular weight is 644 g/mol. The lowest BCUT2D eigenvalue weighted by Gasteiger charge is -2.31. The minimum atomic E-state index is -4.44. The van der Waals surface area contributed by atoms with Gasteiger partial charge in [0.1, 0.15) is 12.2 Å². The summed E-state index contributed by atoms with van der Waals surface area (Å²) in [6.45, 7) is 2.60. The topological polar surface area (TPSA) is 139 Å². The molecule has 0 spiro atoms. The first-order valence-electron chi connectivity index (χ1n) is 13.6. The number of nitrogens with one attached hydrogen (secondary N) is 2. The molecule has 2 aliphatic heterocycles. The predicted molar refractivity (Wildman–Crippen MR) is 156 cm³/mol. The lowest BCUT2D eigenvalue weighted by molar-refractivity contribution is -0.141. The Morgan fingerprint density at radius 1 is 1.19 bits per heavy atom. The summed E-state index contributed by atoms with van der Waals surface area (Å²) in [5.74, 6) is -0.394. The standard InChI is InChI=1S/C26H32F3N7O5S2/c1-40-24-19(34-43(2,38)39)11-17(12-30-24)20-22-21(33-25(32-20)36-7-9-41-10-8-36)18(14-42-22)13-35-5-3-16(4-6-35)23(37)31-15-26(27,28)29/h11-12,14,16,34H,3-10,13,15H2,1-2H3,(H,31,37). The fourth-order valence-corrected chi connectivity index (χ4v) is 6.66. The van der Waals surface area contributed by atoms with E-state index in [4.69, 9.17) is 19.4 Å². The van der Waals surface area contributed by atoms with Gasteiger partial charge < -0.3 is 19.7 Å². The number of sulfonamides is 1. The van der Waals surface area contributed by atoms with Gasteiger partial charge in [0.15, 0.2) is 0 Å². The number of aromatic nitrogens is 3. The minimum Gasteiger partial charge on any atom is -0.480 e. The number of hydrogen-bond donors (Lipinski definition) is 2. The van der Waals surface area contributed by atoms with Crippen LogP contribution in [0.5, 0.6) is 5.88 Å². The summed E-state index contributed by atoms with van der Waals surface area (Å²) in [4.78, 5) is 30.6. The van der Waals surface area contributed by atoms with Gasteiger partial charge in [0.25, 0.3) is 0 Å². The number of thiophene rings is 1. The molecule has 2 aliphatic rings. The van der Waals surface area contributed by atoms with E-state index in [2.05, 4.69) is 14.6 Å². The number of nitrogens with zero attached hydrogens (tertiary/aromatic N) is 5. The summed E-state index contributed by atoms with van der Waals surface area (Å²) in [5, 5.41) is 4.00. The van der Waals surface area contributed by atoms with Gasteiger partial charge in [-0.1, -0.05) is 0 Å². The largest absolute Gasteiger partial charge is 0.480 e. The Bertz CT molecular complexity index is 1570. The number of amides is 1. The van der Waals surface area contributed by atoms with Crippen molar-refractivity contribution >= 4 is 49.1 Å². The van der Waals surface area contributed by atoms with Crippen molar-refractivity contribution in [2.75, 3.05) is 68.9 Å². The third-order valence-electron chi connectivity index (χ3n) is 7.20. The van der Waals surface area contributed by atoms with Crippen LogP contribution in [0.15, 0.2) is 17.6 Å². The normalized spacial score (nSPS) is 17.3. The van der Waals surface area contributed by atoms with E-state index in [0.717, 1.165) is 22.0 Å². The lowest BCUT2D eigenvalue weighted by Crippen LogP contribution is -2.42. The van der Waals surface area contributed by atoms with Crippen LogP contribution in [-0.2, 0) is 26.1 Å². The zero-order chi connectivity index (χ0) is 30.8. The van der Waals surface area contributed by atoms with E-state index in [1.807, 2.05) is 15.6 Å². The van der Waals surface area contributed by atoms with Gasteiger partial charge in [0, 0.05) is 42.9 Å². The first-order chi connectivity index (χ1) is 20.4. The number of carbonyl (C=O) groups excluding carboxylic acids is 1. The molecule has 5 heterocycles. The molecule has 0 unspecified atom stereocenters. The van der Waals surface area contributed by atoms with Crippen LogP contribution in [0.3, 0.4) is 0 Å². The molecule has 12 nitrogen and oxygen atoms in total. The highest BCUT2D eigenvalue weighted by Gasteiger charge is 2.31. The van der Waals surface area contributed by atoms with Crippen molar-refractivity contribution in [3.05, 3.63) is 23.2 Å². The van der Waals surface area contributed by atoms with Crippen LogP contribution in [0.2, 0.25) is 0 Å². The molecule has 43 heavy (non-hydrogen) atoms. The lowest BCUT2D eigenvalue weighted by atomic mass is 9.95. The zero-order valence-electron chi connectivity index (χ0n) is 23.6. The Morgan fingerprint density at radius 3 is 2.56 bits per heavy atom. The second-order valence-corrected chi connectivity index (χ2v) is 13.1. The highest BCUT2D eigenvalue weighted by atomic mass is 32.2. The fourth-order valence-electron chi connectivity index (χ4n) is 5.11. The van der Waals surface area contributed by atoms with Crippen molar-refractivity contribution in [3.63, 3.8) is 0 Å². The zero-order valence-corrected chi connectivity index (χ0v) is 25.2. The van der Waals surface area contributed by atoms with Gasteiger partial charge in [0.05, 0.1) is 42.5 Å². The van der Waals surface area contributed by atoms with Gasteiger partial charge >= 0.3 is 6.18 Å². The van der Waals surface area contributed by atoms with Crippen molar-refractivity contribution in [1.29, 1.82) is 0 Å². The number of methoxy groups -OCH3 is 1. The van der Waals surface area contributed by atoms with Crippen molar-refractivity contribution in [1.82, 2.24) is 25.2 Å². The highest BCUT2D eigenvalue weighted by Crippen LogP contribution is 2.37. The van der Waals surface area contributed by atoms with Gasteiger partial charge in [-0.3, -0.25) is 14.4 Å². The Morgan fingerprint density at radius 2 is 1.91 bits per heavy atom. The predicted octanol–water partition coefficient (Wildman–Crippen LogP) is 2.86. The first kappa shape index (κ1) is 31.2. The van der Waals surface area contributed by atoms with Gasteiger partial charge in [-0.2, -0.15) is 13.2 Å². The van der Waals surface area contributed by atoms with E-state index in [9.17, 15) is 26.4 Å². The SMILES string of the molecule is COc1ncc(-c2nc(N3CCOCC3)nc3c(CN4CCC(C(=O)NCC(F)(F)F)CC4)csc23)cc1NS(C)(=O)=O. The number of alkyl halides is 3.